The lowest BCUT2D eigenvalue weighted by Gasteiger charge is -2.21. The van der Waals surface area contributed by atoms with Gasteiger partial charge in [0.1, 0.15) is 30.4 Å². The number of hydrogen-bond donors (Lipinski definition) is 0. The van der Waals surface area contributed by atoms with Crippen molar-refractivity contribution in [2.45, 2.75) is 53.6 Å². The normalized spacial score (nSPS) is 23.2. The van der Waals surface area contributed by atoms with Crippen molar-refractivity contribution in [2.75, 3.05) is 20.3 Å². The SMILES string of the molecule is COc1cc(C2=NC(C(C)(C)C)CO2)nc(C2=NC(C(C)(C)C)CO2)c1. The van der Waals surface area contributed by atoms with Gasteiger partial charge in [-0.15, -0.1) is 0 Å². The van der Waals surface area contributed by atoms with Gasteiger partial charge in [0.15, 0.2) is 0 Å². The summed E-state index contributed by atoms with van der Waals surface area (Å²) in [4.78, 5) is 14.1. The van der Waals surface area contributed by atoms with Gasteiger partial charge in [-0.2, -0.15) is 0 Å². The molecular weight excluding hydrogens is 330 g/mol. The molecule has 0 bridgehead atoms. The zero-order valence-electron chi connectivity index (χ0n) is 16.8. The lowest BCUT2D eigenvalue weighted by molar-refractivity contribution is 0.235. The highest BCUT2D eigenvalue weighted by atomic mass is 16.5. The van der Waals surface area contributed by atoms with E-state index in [0.29, 0.717) is 42.1 Å². The molecule has 0 radical (unpaired) electrons. The van der Waals surface area contributed by atoms with Crippen molar-refractivity contribution in [1.82, 2.24) is 4.98 Å². The smallest absolute Gasteiger partial charge is 0.235 e. The summed E-state index contributed by atoms with van der Waals surface area (Å²) in [6, 6.07) is 3.90. The summed E-state index contributed by atoms with van der Waals surface area (Å²) >= 11 is 0. The fourth-order valence-electron chi connectivity index (χ4n) is 2.76. The van der Waals surface area contributed by atoms with Crippen LogP contribution in [0.5, 0.6) is 5.75 Å². The molecule has 0 spiro atoms. The molecule has 0 saturated carbocycles. The summed E-state index contributed by atoms with van der Waals surface area (Å²) in [7, 11) is 1.63. The molecular formula is C20H29N3O3. The average molecular weight is 359 g/mol. The highest BCUT2D eigenvalue weighted by Crippen LogP contribution is 2.30. The van der Waals surface area contributed by atoms with Crippen LogP contribution in [0.25, 0.3) is 0 Å². The van der Waals surface area contributed by atoms with Gasteiger partial charge in [-0.3, -0.25) is 0 Å². The van der Waals surface area contributed by atoms with Gasteiger partial charge in [-0.1, -0.05) is 41.5 Å². The molecule has 2 atom stereocenters. The first-order chi connectivity index (χ1) is 12.1. The lowest BCUT2D eigenvalue weighted by atomic mass is 9.88. The van der Waals surface area contributed by atoms with E-state index in [9.17, 15) is 0 Å². The highest BCUT2D eigenvalue weighted by molar-refractivity contribution is 5.98. The minimum Gasteiger partial charge on any atom is -0.497 e. The maximum Gasteiger partial charge on any atom is 0.235 e. The first-order valence-electron chi connectivity index (χ1n) is 9.06. The van der Waals surface area contributed by atoms with Crippen LogP contribution in [-0.2, 0) is 9.47 Å². The largest absolute Gasteiger partial charge is 0.497 e. The number of hydrogen-bond acceptors (Lipinski definition) is 6. The van der Waals surface area contributed by atoms with E-state index >= 15 is 0 Å². The molecule has 0 aromatic carbocycles. The van der Waals surface area contributed by atoms with E-state index in [4.69, 9.17) is 24.2 Å². The van der Waals surface area contributed by atoms with Crippen LogP contribution in [0.1, 0.15) is 52.9 Å². The van der Waals surface area contributed by atoms with E-state index < -0.39 is 0 Å². The Balaban J connectivity index is 1.94. The van der Waals surface area contributed by atoms with E-state index in [-0.39, 0.29) is 22.9 Å². The first-order valence-corrected chi connectivity index (χ1v) is 9.06. The quantitative estimate of drug-likeness (QED) is 0.829. The van der Waals surface area contributed by atoms with Gasteiger partial charge in [0, 0.05) is 12.1 Å². The third-order valence-corrected chi connectivity index (χ3v) is 4.77. The Morgan fingerprint density at radius 3 is 1.58 bits per heavy atom. The summed E-state index contributed by atoms with van der Waals surface area (Å²) in [5, 5.41) is 0. The molecule has 1 aromatic rings. The van der Waals surface area contributed by atoms with Crippen LogP contribution in [0, 0.1) is 10.8 Å². The molecule has 6 nitrogen and oxygen atoms in total. The Kier molecular flexibility index (Phi) is 4.71. The summed E-state index contributed by atoms with van der Waals surface area (Å²) in [6.45, 7) is 14.1. The Morgan fingerprint density at radius 2 is 1.27 bits per heavy atom. The van der Waals surface area contributed by atoms with Crippen LogP contribution in [-0.4, -0.2) is 49.2 Å². The topological polar surface area (TPSA) is 65.3 Å². The monoisotopic (exact) mass is 359 g/mol. The van der Waals surface area contributed by atoms with Crippen molar-refractivity contribution in [3.05, 3.63) is 23.5 Å². The predicted octanol–water partition coefficient (Wildman–Crippen LogP) is 3.47. The molecule has 142 valence electrons. The van der Waals surface area contributed by atoms with E-state index in [0.717, 1.165) is 0 Å². The maximum atomic E-state index is 5.82. The predicted molar refractivity (Wildman–Crippen MR) is 102 cm³/mol. The van der Waals surface area contributed by atoms with Gasteiger partial charge in [-0.05, 0) is 10.8 Å². The fourth-order valence-corrected chi connectivity index (χ4v) is 2.76. The van der Waals surface area contributed by atoms with Crippen molar-refractivity contribution in [3.8, 4) is 5.75 Å². The molecule has 3 heterocycles. The summed E-state index contributed by atoms with van der Waals surface area (Å²) < 4.78 is 17.1. The number of nitrogens with zero attached hydrogens (tertiary/aromatic N) is 3. The minimum absolute atomic E-state index is 0.0437. The Hall–Kier alpha value is -2.11. The average Bonchev–Trinajstić information content (AvgIpc) is 3.22. The molecule has 0 saturated heterocycles. The number of aliphatic imine (C=N–C) groups is 2. The summed E-state index contributed by atoms with van der Waals surface area (Å²) in [5.74, 6) is 1.79. The molecule has 0 fully saturated rings. The van der Waals surface area contributed by atoms with Crippen LogP contribution in [0.2, 0.25) is 0 Å². The summed E-state index contributed by atoms with van der Waals surface area (Å²) in [5.41, 5.74) is 1.39. The highest BCUT2D eigenvalue weighted by Gasteiger charge is 2.33. The van der Waals surface area contributed by atoms with E-state index in [2.05, 4.69) is 46.5 Å². The molecule has 6 heteroatoms. The van der Waals surface area contributed by atoms with Crippen LogP contribution >= 0.6 is 0 Å². The van der Waals surface area contributed by atoms with Crippen LogP contribution in [0.3, 0.4) is 0 Å². The standard InChI is InChI=1S/C20H29N3O3/c1-19(2,3)15-10-25-17(22-15)13-8-12(24-7)9-14(21-13)18-23-16(11-26-18)20(4,5)6/h8-9,15-16H,10-11H2,1-7H3. The van der Waals surface area contributed by atoms with Gasteiger partial charge in [-0.25, -0.2) is 15.0 Å². The van der Waals surface area contributed by atoms with Crippen molar-refractivity contribution in [1.29, 1.82) is 0 Å². The van der Waals surface area contributed by atoms with Gasteiger partial charge < -0.3 is 14.2 Å². The Bertz CT molecular complexity index is 683. The first kappa shape index (κ1) is 18.7. The second kappa shape index (κ2) is 6.56. The van der Waals surface area contributed by atoms with Crippen molar-refractivity contribution in [3.63, 3.8) is 0 Å². The number of aromatic nitrogens is 1. The molecule has 26 heavy (non-hydrogen) atoms. The second-order valence-corrected chi connectivity index (χ2v) is 9.03. The zero-order valence-corrected chi connectivity index (χ0v) is 16.8. The van der Waals surface area contributed by atoms with Gasteiger partial charge >= 0.3 is 0 Å². The third-order valence-electron chi connectivity index (χ3n) is 4.77. The van der Waals surface area contributed by atoms with E-state index in [1.54, 1.807) is 7.11 Å². The van der Waals surface area contributed by atoms with Crippen LogP contribution < -0.4 is 4.74 Å². The molecule has 1 aromatic heterocycles. The number of methoxy groups -OCH3 is 1. The van der Waals surface area contributed by atoms with Gasteiger partial charge in [0.05, 0.1) is 19.2 Å². The van der Waals surface area contributed by atoms with E-state index in [1.165, 1.54) is 0 Å². The van der Waals surface area contributed by atoms with Gasteiger partial charge in [0.25, 0.3) is 0 Å². The third kappa shape index (κ3) is 3.84. The number of pyridine rings is 1. The molecule has 2 aliphatic heterocycles. The lowest BCUT2D eigenvalue weighted by Crippen LogP contribution is -2.25. The molecule has 2 aliphatic rings. The summed E-state index contributed by atoms with van der Waals surface area (Å²) in [6.07, 6.45) is 0. The second-order valence-electron chi connectivity index (χ2n) is 9.03. The van der Waals surface area contributed by atoms with Crippen molar-refractivity contribution >= 4 is 11.8 Å². The molecule has 0 amide bonds. The molecule has 0 aliphatic carbocycles. The van der Waals surface area contributed by atoms with E-state index in [1.807, 2.05) is 12.1 Å². The van der Waals surface area contributed by atoms with Crippen molar-refractivity contribution in [2.24, 2.45) is 20.8 Å². The number of rotatable bonds is 3. The minimum atomic E-state index is 0.0437. The fraction of sp³-hybridized carbons (Fsp3) is 0.650. The number of ether oxygens (including phenoxy) is 3. The Morgan fingerprint density at radius 1 is 0.846 bits per heavy atom. The zero-order chi connectivity index (χ0) is 19.1. The van der Waals surface area contributed by atoms with Crippen LogP contribution in [0.15, 0.2) is 22.1 Å². The Labute approximate surface area is 155 Å². The molecule has 3 rings (SSSR count). The molecule has 0 N–H and O–H groups in total. The van der Waals surface area contributed by atoms with Crippen LogP contribution in [0.4, 0.5) is 0 Å². The molecule has 2 unspecified atom stereocenters. The van der Waals surface area contributed by atoms with Gasteiger partial charge in [0.2, 0.25) is 11.8 Å². The maximum absolute atomic E-state index is 5.82. The van der Waals surface area contributed by atoms with Crippen molar-refractivity contribution < 1.29 is 14.2 Å².